The van der Waals surface area contributed by atoms with E-state index < -0.39 is 23.4 Å². The summed E-state index contributed by atoms with van der Waals surface area (Å²) in [6.45, 7) is 1.25. The number of piperidine rings is 1. The summed E-state index contributed by atoms with van der Waals surface area (Å²) in [5.41, 5.74) is 12.3. The van der Waals surface area contributed by atoms with Crippen LogP contribution in [0.5, 0.6) is 0 Å². The van der Waals surface area contributed by atoms with Crippen molar-refractivity contribution in [2.45, 2.75) is 36.8 Å². The number of hydrogen-bond acceptors (Lipinski definition) is 6. The minimum atomic E-state index is -1.11. The zero-order chi connectivity index (χ0) is 21.6. The van der Waals surface area contributed by atoms with Crippen molar-refractivity contribution < 1.29 is 9.59 Å². The molecule has 0 saturated carbocycles. The van der Waals surface area contributed by atoms with Gasteiger partial charge in [0.05, 0.1) is 11.5 Å². The predicted octanol–water partition coefficient (Wildman–Crippen LogP) is 1.15. The van der Waals surface area contributed by atoms with E-state index in [1.54, 1.807) is 16.2 Å². The normalized spacial score (nSPS) is 17.6. The summed E-state index contributed by atoms with van der Waals surface area (Å²) < 4.78 is 0. The fourth-order valence-corrected chi connectivity index (χ4v) is 4.45. The van der Waals surface area contributed by atoms with E-state index in [9.17, 15) is 14.9 Å². The number of carbonyl (C=O) groups excluding carboxylic acids is 2. The largest absolute Gasteiger partial charge is 0.354 e. The number of nitrogens with two attached hydrogens (primary N) is 2. The van der Waals surface area contributed by atoms with Crippen LogP contribution in [0.1, 0.15) is 23.3 Å². The van der Waals surface area contributed by atoms with Crippen LogP contribution in [0.3, 0.4) is 0 Å². The second-order valence-corrected chi connectivity index (χ2v) is 8.59. The molecule has 2 atom stereocenters. The molecule has 158 valence electrons. The SMILES string of the molecule is N#CC1(c2ccccc2)CCN(C(=O)C(N)C(N)C(=O)NCCc2cccs2)CC1. The molecule has 5 N–H and O–H groups in total. The number of hydrogen-bond donors (Lipinski definition) is 3. The summed E-state index contributed by atoms with van der Waals surface area (Å²) in [4.78, 5) is 27.9. The van der Waals surface area contributed by atoms with Crippen molar-refractivity contribution in [1.82, 2.24) is 10.2 Å². The van der Waals surface area contributed by atoms with Gasteiger partial charge >= 0.3 is 0 Å². The second-order valence-electron chi connectivity index (χ2n) is 7.56. The Morgan fingerprint density at radius 2 is 1.83 bits per heavy atom. The average Bonchev–Trinajstić information content (AvgIpc) is 3.31. The molecule has 1 aromatic carbocycles. The molecule has 2 amide bonds. The lowest BCUT2D eigenvalue weighted by Gasteiger charge is -2.39. The van der Waals surface area contributed by atoms with E-state index in [1.807, 2.05) is 47.8 Å². The summed E-state index contributed by atoms with van der Waals surface area (Å²) in [6, 6.07) is 13.8. The molecule has 1 saturated heterocycles. The maximum absolute atomic E-state index is 12.8. The molecule has 1 aliphatic rings. The van der Waals surface area contributed by atoms with E-state index in [4.69, 9.17) is 11.5 Å². The van der Waals surface area contributed by atoms with E-state index in [1.165, 1.54) is 0 Å². The molecule has 2 aromatic rings. The number of likely N-dealkylation sites (tertiary alicyclic amines) is 1. The monoisotopic (exact) mass is 425 g/mol. The van der Waals surface area contributed by atoms with Gasteiger partial charge in [0.2, 0.25) is 11.8 Å². The Kier molecular flexibility index (Phi) is 7.21. The van der Waals surface area contributed by atoms with Gasteiger partial charge in [-0.25, -0.2) is 0 Å². The molecular formula is C22H27N5O2S. The van der Waals surface area contributed by atoms with Crippen LogP contribution in [0.2, 0.25) is 0 Å². The number of nitrogens with zero attached hydrogens (tertiary/aromatic N) is 2. The molecule has 0 spiro atoms. The first-order valence-electron chi connectivity index (χ1n) is 10.0. The van der Waals surface area contributed by atoms with Crippen LogP contribution in [0.25, 0.3) is 0 Å². The molecule has 2 heterocycles. The number of benzene rings is 1. The molecule has 1 aromatic heterocycles. The highest BCUT2D eigenvalue weighted by atomic mass is 32.1. The summed E-state index contributed by atoms with van der Waals surface area (Å²) in [6.07, 6.45) is 1.75. The Balaban J connectivity index is 1.52. The Morgan fingerprint density at radius 3 is 2.43 bits per heavy atom. The first-order valence-corrected chi connectivity index (χ1v) is 10.9. The molecule has 1 fully saturated rings. The third-order valence-corrected chi connectivity index (χ3v) is 6.63. The summed E-state index contributed by atoms with van der Waals surface area (Å²) in [5.74, 6) is -0.782. The molecule has 3 rings (SSSR count). The molecule has 0 radical (unpaired) electrons. The zero-order valence-electron chi connectivity index (χ0n) is 16.8. The van der Waals surface area contributed by atoms with Crippen LogP contribution >= 0.6 is 11.3 Å². The lowest BCUT2D eigenvalue weighted by Crippen LogP contribution is -2.60. The van der Waals surface area contributed by atoms with Gasteiger partial charge in [0.25, 0.3) is 0 Å². The van der Waals surface area contributed by atoms with Gasteiger partial charge in [0.15, 0.2) is 0 Å². The predicted molar refractivity (Wildman–Crippen MR) is 117 cm³/mol. The Hall–Kier alpha value is -2.73. The number of carbonyl (C=O) groups is 2. The van der Waals surface area contributed by atoms with Crippen molar-refractivity contribution in [3.8, 4) is 6.07 Å². The number of rotatable bonds is 7. The topological polar surface area (TPSA) is 125 Å². The van der Waals surface area contributed by atoms with E-state index in [0.717, 1.165) is 10.4 Å². The maximum Gasteiger partial charge on any atom is 0.241 e. The van der Waals surface area contributed by atoms with E-state index >= 15 is 0 Å². The van der Waals surface area contributed by atoms with Gasteiger partial charge in [0, 0.05) is 24.5 Å². The fourth-order valence-electron chi connectivity index (χ4n) is 3.74. The molecule has 2 unspecified atom stereocenters. The van der Waals surface area contributed by atoms with Crippen molar-refractivity contribution in [2.24, 2.45) is 11.5 Å². The van der Waals surface area contributed by atoms with E-state index in [2.05, 4.69) is 11.4 Å². The Morgan fingerprint density at radius 1 is 1.13 bits per heavy atom. The maximum atomic E-state index is 12.8. The number of nitrogens with one attached hydrogen (secondary N) is 1. The van der Waals surface area contributed by atoms with Gasteiger partial charge in [-0.15, -0.1) is 11.3 Å². The van der Waals surface area contributed by atoms with Crippen molar-refractivity contribution in [2.75, 3.05) is 19.6 Å². The third-order valence-electron chi connectivity index (χ3n) is 5.69. The second kappa shape index (κ2) is 9.85. The smallest absolute Gasteiger partial charge is 0.241 e. The van der Waals surface area contributed by atoms with Crippen LogP contribution < -0.4 is 16.8 Å². The molecule has 8 heteroatoms. The van der Waals surface area contributed by atoms with Crippen molar-refractivity contribution in [3.05, 3.63) is 58.3 Å². The zero-order valence-corrected chi connectivity index (χ0v) is 17.6. The van der Waals surface area contributed by atoms with Crippen LogP contribution in [0.15, 0.2) is 47.8 Å². The summed E-state index contributed by atoms with van der Waals surface area (Å²) >= 11 is 1.62. The van der Waals surface area contributed by atoms with Gasteiger partial charge in [-0.3, -0.25) is 9.59 Å². The van der Waals surface area contributed by atoms with Crippen LogP contribution in [0, 0.1) is 11.3 Å². The van der Waals surface area contributed by atoms with Gasteiger partial charge in [0.1, 0.15) is 12.1 Å². The summed E-state index contributed by atoms with van der Waals surface area (Å²) in [5, 5.41) is 14.5. The molecule has 7 nitrogen and oxygen atoms in total. The highest BCUT2D eigenvalue weighted by Gasteiger charge is 2.39. The number of thiophene rings is 1. The van der Waals surface area contributed by atoms with E-state index in [0.29, 0.717) is 38.9 Å². The van der Waals surface area contributed by atoms with Gasteiger partial charge in [-0.2, -0.15) is 5.26 Å². The first-order chi connectivity index (χ1) is 14.5. The molecule has 0 bridgehead atoms. The number of nitriles is 1. The van der Waals surface area contributed by atoms with Crippen LogP contribution in [0.4, 0.5) is 0 Å². The van der Waals surface area contributed by atoms with Crippen LogP contribution in [-0.2, 0) is 21.4 Å². The summed E-state index contributed by atoms with van der Waals surface area (Å²) in [7, 11) is 0. The Labute approximate surface area is 180 Å². The van der Waals surface area contributed by atoms with Crippen molar-refractivity contribution in [3.63, 3.8) is 0 Å². The Bertz CT molecular complexity index is 886. The fraction of sp³-hybridized carbons (Fsp3) is 0.409. The number of amides is 2. The van der Waals surface area contributed by atoms with Crippen LogP contribution in [-0.4, -0.2) is 48.4 Å². The quantitative estimate of drug-likeness (QED) is 0.613. The van der Waals surface area contributed by atoms with Gasteiger partial charge in [-0.1, -0.05) is 36.4 Å². The van der Waals surface area contributed by atoms with Crippen molar-refractivity contribution in [1.29, 1.82) is 5.26 Å². The van der Waals surface area contributed by atoms with Gasteiger partial charge < -0.3 is 21.7 Å². The lowest BCUT2D eigenvalue weighted by molar-refractivity contribution is -0.137. The van der Waals surface area contributed by atoms with Gasteiger partial charge in [-0.05, 0) is 36.3 Å². The standard InChI is InChI=1S/C22H27N5O2S/c23-15-22(16-5-2-1-3-6-16)9-12-27(13-10-22)21(29)19(25)18(24)20(28)26-11-8-17-7-4-14-30-17/h1-7,14,18-19H,8-13,24-25H2,(H,26,28). The minimum absolute atomic E-state index is 0.351. The first kappa shape index (κ1) is 22.0. The lowest BCUT2D eigenvalue weighted by atomic mass is 9.74. The molecule has 30 heavy (non-hydrogen) atoms. The molecular weight excluding hydrogens is 398 g/mol. The van der Waals surface area contributed by atoms with Crippen molar-refractivity contribution >= 4 is 23.2 Å². The molecule has 1 aliphatic heterocycles. The average molecular weight is 426 g/mol. The minimum Gasteiger partial charge on any atom is -0.354 e. The highest BCUT2D eigenvalue weighted by Crippen LogP contribution is 2.35. The third kappa shape index (κ3) is 4.87. The highest BCUT2D eigenvalue weighted by molar-refractivity contribution is 7.09. The molecule has 0 aliphatic carbocycles. The van der Waals surface area contributed by atoms with E-state index in [-0.39, 0.29) is 5.91 Å².